The van der Waals surface area contributed by atoms with Crippen molar-refractivity contribution >= 4 is 11.8 Å². The van der Waals surface area contributed by atoms with Crippen LogP contribution in [-0.4, -0.2) is 50.8 Å². The summed E-state index contributed by atoms with van der Waals surface area (Å²) in [5.74, 6) is 0.697. The first-order valence-corrected chi connectivity index (χ1v) is 10.7. The van der Waals surface area contributed by atoms with Gasteiger partial charge in [-0.1, -0.05) is 0 Å². The molecule has 0 radical (unpaired) electrons. The Bertz CT molecular complexity index is 1040. The van der Waals surface area contributed by atoms with Crippen LogP contribution in [0.3, 0.4) is 0 Å². The fourth-order valence-electron chi connectivity index (χ4n) is 5.13. The van der Waals surface area contributed by atoms with Gasteiger partial charge in [0.1, 0.15) is 5.82 Å². The summed E-state index contributed by atoms with van der Waals surface area (Å²) in [7, 11) is 0. The molecule has 1 aliphatic carbocycles. The number of pyridine rings is 1. The lowest BCUT2D eigenvalue weighted by Crippen LogP contribution is -2.46. The van der Waals surface area contributed by atoms with Crippen molar-refractivity contribution in [2.75, 3.05) is 13.1 Å². The molecule has 4 heterocycles. The van der Waals surface area contributed by atoms with Crippen molar-refractivity contribution in [1.29, 1.82) is 0 Å². The van der Waals surface area contributed by atoms with Crippen LogP contribution in [-0.2, 0) is 21.4 Å². The van der Waals surface area contributed by atoms with Gasteiger partial charge >= 0.3 is 0 Å². The van der Waals surface area contributed by atoms with E-state index in [1.54, 1.807) is 12.4 Å². The van der Waals surface area contributed by atoms with E-state index >= 15 is 0 Å². The Labute approximate surface area is 174 Å². The third-order valence-corrected chi connectivity index (χ3v) is 6.89. The molecule has 0 unspecified atom stereocenters. The van der Waals surface area contributed by atoms with Crippen molar-refractivity contribution in [1.82, 2.24) is 25.2 Å². The van der Waals surface area contributed by atoms with Crippen LogP contribution in [0.15, 0.2) is 29.3 Å². The standard InChI is InChI=1S/C22H25N5O3/c28-17-4-3-15(24-17)12-18(29)27-10-7-22(8-11-27)6-5-16-19(22)25-20(26-21(16)30)14-2-1-9-23-13-14/h1-2,9,13,15H,3-8,10-12H2,(H,24,28)(H,25,26,30)/t15-/m0/s1. The summed E-state index contributed by atoms with van der Waals surface area (Å²) < 4.78 is 0. The predicted octanol–water partition coefficient (Wildman–Crippen LogP) is 1.31. The van der Waals surface area contributed by atoms with Crippen molar-refractivity contribution in [2.24, 2.45) is 0 Å². The van der Waals surface area contributed by atoms with E-state index in [4.69, 9.17) is 4.98 Å². The second-order valence-electron chi connectivity index (χ2n) is 8.65. The van der Waals surface area contributed by atoms with Gasteiger partial charge in [-0.2, -0.15) is 0 Å². The number of piperidine rings is 1. The lowest BCUT2D eigenvalue weighted by molar-refractivity contribution is -0.133. The fourth-order valence-corrected chi connectivity index (χ4v) is 5.13. The predicted molar refractivity (Wildman–Crippen MR) is 110 cm³/mol. The SMILES string of the molecule is O=C1CC[C@@H](CC(=O)N2CCC3(CCc4c3nc(-c3cccnc3)[nH]c4=O)CC2)N1. The van der Waals surface area contributed by atoms with Crippen LogP contribution < -0.4 is 10.9 Å². The van der Waals surface area contributed by atoms with Gasteiger partial charge in [0.25, 0.3) is 5.56 Å². The number of carbonyl (C=O) groups is 2. The molecule has 2 aromatic heterocycles. The Morgan fingerprint density at radius 2 is 2.03 bits per heavy atom. The van der Waals surface area contributed by atoms with E-state index in [9.17, 15) is 14.4 Å². The number of aromatic amines is 1. The van der Waals surface area contributed by atoms with Gasteiger partial charge < -0.3 is 15.2 Å². The molecule has 2 aliphatic heterocycles. The molecule has 2 N–H and O–H groups in total. The molecule has 156 valence electrons. The monoisotopic (exact) mass is 407 g/mol. The van der Waals surface area contributed by atoms with E-state index in [1.165, 1.54) is 0 Å². The molecule has 0 aromatic carbocycles. The molecular formula is C22H25N5O3. The third-order valence-electron chi connectivity index (χ3n) is 6.89. The zero-order valence-electron chi connectivity index (χ0n) is 16.8. The smallest absolute Gasteiger partial charge is 0.254 e. The number of amides is 2. The molecule has 30 heavy (non-hydrogen) atoms. The Hall–Kier alpha value is -3.03. The fraction of sp³-hybridized carbons (Fsp3) is 0.500. The Morgan fingerprint density at radius 3 is 2.73 bits per heavy atom. The van der Waals surface area contributed by atoms with Gasteiger partial charge in [-0.25, -0.2) is 4.98 Å². The molecule has 8 nitrogen and oxygen atoms in total. The lowest BCUT2D eigenvalue weighted by atomic mass is 9.76. The van der Waals surface area contributed by atoms with E-state index in [0.29, 0.717) is 31.8 Å². The Morgan fingerprint density at radius 1 is 1.20 bits per heavy atom. The van der Waals surface area contributed by atoms with Gasteiger partial charge in [-0.3, -0.25) is 19.4 Å². The maximum Gasteiger partial charge on any atom is 0.254 e. The average molecular weight is 407 g/mol. The summed E-state index contributed by atoms with van der Waals surface area (Å²) in [4.78, 5) is 50.6. The molecule has 0 saturated carbocycles. The highest BCUT2D eigenvalue weighted by molar-refractivity contribution is 5.82. The normalized spacial score (nSPS) is 22.2. The number of aromatic nitrogens is 3. The largest absolute Gasteiger partial charge is 0.353 e. The first-order chi connectivity index (χ1) is 14.5. The van der Waals surface area contributed by atoms with Crippen molar-refractivity contribution in [3.05, 3.63) is 46.1 Å². The van der Waals surface area contributed by atoms with Gasteiger partial charge in [0, 0.05) is 60.9 Å². The molecule has 2 amide bonds. The molecule has 1 spiro atoms. The van der Waals surface area contributed by atoms with Crippen LogP contribution in [0, 0.1) is 0 Å². The van der Waals surface area contributed by atoms with Crippen molar-refractivity contribution in [3.63, 3.8) is 0 Å². The van der Waals surface area contributed by atoms with Crippen molar-refractivity contribution < 1.29 is 9.59 Å². The number of likely N-dealkylation sites (tertiary alicyclic amines) is 1. The maximum atomic E-state index is 12.7. The quantitative estimate of drug-likeness (QED) is 0.798. The molecular weight excluding hydrogens is 382 g/mol. The van der Waals surface area contributed by atoms with Crippen molar-refractivity contribution in [3.8, 4) is 11.4 Å². The number of rotatable bonds is 3. The van der Waals surface area contributed by atoms with E-state index in [2.05, 4.69) is 15.3 Å². The second kappa shape index (κ2) is 7.34. The molecule has 5 rings (SSSR count). The number of carbonyl (C=O) groups excluding carboxylic acids is 2. The maximum absolute atomic E-state index is 12.7. The van der Waals surface area contributed by atoms with E-state index in [-0.39, 0.29) is 28.8 Å². The van der Waals surface area contributed by atoms with Gasteiger partial charge in [-0.05, 0) is 44.2 Å². The van der Waals surface area contributed by atoms with E-state index < -0.39 is 0 Å². The molecule has 3 aliphatic rings. The van der Waals surface area contributed by atoms with Gasteiger partial charge in [0.05, 0.1) is 5.69 Å². The first-order valence-electron chi connectivity index (χ1n) is 10.7. The zero-order valence-corrected chi connectivity index (χ0v) is 16.8. The molecule has 0 bridgehead atoms. The molecule has 8 heteroatoms. The summed E-state index contributed by atoms with van der Waals surface area (Å²) in [6.45, 7) is 1.32. The van der Waals surface area contributed by atoms with E-state index in [1.807, 2.05) is 17.0 Å². The van der Waals surface area contributed by atoms with Gasteiger partial charge in [0.15, 0.2) is 0 Å². The first kappa shape index (κ1) is 19.0. The highest BCUT2D eigenvalue weighted by Gasteiger charge is 2.44. The van der Waals surface area contributed by atoms with Gasteiger partial charge in [0.2, 0.25) is 11.8 Å². The van der Waals surface area contributed by atoms with Crippen LogP contribution in [0.25, 0.3) is 11.4 Å². The third kappa shape index (κ3) is 3.30. The lowest BCUT2D eigenvalue weighted by Gasteiger charge is -2.39. The molecule has 2 fully saturated rings. The number of hydrogen-bond acceptors (Lipinski definition) is 5. The zero-order chi connectivity index (χ0) is 20.7. The Balaban J connectivity index is 1.33. The number of nitrogens with one attached hydrogen (secondary N) is 2. The Kier molecular flexibility index (Phi) is 4.64. The molecule has 1 atom stereocenters. The summed E-state index contributed by atoms with van der Waals surface area (Å²) in [5, 5.41) is 2.87. The number of H-pyrrole nitrogens is 1. The summed E-state index contributed by atoms with van der Waals surface area (Å²) in [6, 6.07) is 3.69. The molecule has 2 saturated heterocycles. The van der Waals surface area contributed by atoms with Crippen LogP contribution in [0.1, 0.15) is 49.8 Å². The van der Waals surface area contributed by atoms with E-state index in [0.717, 1.165) is 48.9 Å². The second-order valence-corrected chi connectivity index (χ2v) is 8.65. The molecule has 2 aromatic rings. The van der Waals surface area contributed by atoms with Crippen molar-refractivity contribution in [2.45, 2.75) is 56.4 Å². The minimum Gasteiger partial charge on any atom is -0.353 e. The minimum atomic E-state index is -0.140. The summed E-state index contributed by atoms with van der Waals surface area (Å²) >= 11 is 0. The van der Waals surface area contributed by atoms with Gasteiger partial charge in [-0.15, -0.1) is 0 Å². The number of fused-ring (bicyclic) bond motifs is 2. The minimum absolute atomic E-state index is 0.0321. The summed E-state index contributed by atoms with van der Waals surface area (Å²) in [6.07, 6.45) is 8.27. The van der Waals surface area contributed by atoms with Crippen LogP contribution in [0.4, 0.5) is 0 Å². The van der Waals surface area contributed by atoms with Crippen LogP contribution in [0.2, 0.25) is 0 Å². The van der Waals surface area contributed by atoms with Crippen LogP contribution >= 0.6 is 0 Å². The average Bonchev–Trinajstić information content (AvgIpc) is 3.33. The number of nitrogens with zero attached hydrogens (tertiary/aromatic N) is 3. The number of hydrogen-bond donors (Lipinski definition) is 2. The highest BCUT2D eigenvalue weighted by Crippen LogP contribution is 2.44. The van der Waals surface area contributed by atoms with Crippen LogP contribution in [0.5, 0.6) is 0 Å². The highest BCUT2D eigenvalue weighted by atomic mass is 16.2. The summed E-state index contributed by atoms with van der Waals surface area (Å²) in [5.41, 5.74) is 2.28. The topological polar surface area (TPSA) is 108 Å².